The van der Waals surface area contributed by atoms with E-state index in [1.807, 2.05) is 23.7 Å². The highest BCUT2D eigenvalue weighted by Gasteiger charge is 2.27. The van der Waals surface area contributed by atoms with Crippen molar-refractivity contribution in [2.45, 2.75) is 25.4 Å². The Bertz CT molecular complexity index is 700. The molecule has 1 aromatic heterocycles. The number of hydrogen-bond donors (Lipinski definition) is 0. The van der Waals surface area contributed by atoms with Crippen molar-refractivity contribution in [3.63, 3.8) is 0 Å². The summed E-state index contributed by atoms with van der Waals surface area (Å²) < 4.78 is 7.56. The molecule has 1 aliphatic rings. The standard InChI is InChI=1S/C16H18N2O2/c1-17-16(19)15-11-7-5-9-13(20-3)10-6-4-8-12(14(10)11)18(15)2/h4,6,8,13H,1,5,7,9H2,2-3H3. The van der Waals surface area contributed by atoms with Crippen LogP contribution in [-0.4, -0.2) is 24.3 Å². The van der Waals surface area contributed by atoms with Crippen LogP contribution in [0.15, 0.2) is 23.2 Å². The average Bonchev–Trinajstić information content (AvgIpc) is 2.64. The molecule has 4 heteroatoms. The maximum Gasteiger partial charge on any atom is 0.293 e. The van der Waals surface area contributed by atoms with E-state index in [9.17, 15) is 4.79 Å². The van der Waals surface area contributed by atoms with Gasteiger partial charge in [0.2, 0.25) is 0 Å². The summed E-state index contributed by atoms with van der Waals surface area (Å²) in [7, 11) is 3.66. The Morgan fingerprint density at radius 1 is 1.50 bits per heavy atom. The summed E-state index contributed by atoms with van der Waals surface area (Å²) in [5, 5.41) is 1.16. The highest BCUT2D eigenvalue weighted by molar-refractivity contribution is 6.04. The molecule has 3 rings (SSSR count). The second-order valence-electron chi connectivity index (χ2n) is 5.21. The molecule has 0 spiro atoms. The van der Waals surface area contributed by atoms with E-state index < -0.39 is 0 Å². The molecule has 1 atom stereocenters. The van der Waals surface area contributed by atoms with E-state index in [0.717, 1.165) is 35.7 Å². The van der Waals surface area contributed by atoms with E-state index in [2.05, 4.69) is 17.8 Å². The molecule has 0 saturated carbocycles. The number of benzene rings is 1. The lowest BCUT2D eigenvalue weighted by molar-refractivity contribution is 0.0960. The van der Waals surface area contributed by atoms with Gasteiger partial charge >= 0.3 is 0 Å². The maximum absolute atomic E-state index is 12.1. The van der Waals surface area contributed by atoms with Crippen molar-refractivity contribution >= 4 is 23.5 Å². The summed E-state index contributed by atoms with van der Waals surface area (Å²) in [6, 6.07) is 6.16. The maximum atomic E-state index is 12.1. The first kappa shape index (κ1) is 13.1. The lowest BCUT2D eigenvalue weighted by atomic mass is 10.0. The Morgan fingerprint density at radius 2 is 2.30 bits per heavy atom. The first-order valence-electron chi connectivity index (χ1n) is 6.83. The van der Waals surface area contributed by atoms with Gasteiger partial charge in [-0.2, -0.15) is 0 Å². The molecule has 4 nitrogen and oxygen atoms in total. The first-order valence-corrected chi connectivity index (χ1v) is 6.83. The fraction of sp³-hybridized carbons (Fsp3) is 0.375. The van der Waals surface area contributed by atoms with E-state index in [-0.39, 0.29) is 12.0 Å². The number of rotatable bonds is 2. The minimum atomic E-state index is -0.250. The molecule has 1 aliphatic carbocycles. The predicted molar refractivity (Wildman–Crippen MR) is 79.5 cm³/mol. The second kappa shape index (κ2) is 4.87. The normalized spacial score (nSPS) is 18.0. The lowest BCUT2D eigenvalue weighted by Gasteiger charge is -2.14. The Balaban J connectivity index is 2.39. The van der Waals surface area contributed by atoms with Crippen LogP contribution >= 0.6 is 0 Å². The van der Waals surface area contributed by atoms with Gasteiger partial charge in [0.05, 0.1) is 6.10 Å². The number of ether oxygens (including phenoxy) is 1. The van der Waals surface area contributed by atoms with Crippen molar-refractivity contribution in [2.24, 2.45) is 12.0 Å². The van der Waals surface area contributed by atoms with Gasteiger partial charge in [-0.3, -0.25) is 4.79 Å². The largest absolute Gasteiger partial charge is 0.377 e. The Morgan fingerprint density at radius 3 is 3.00 bits per heavy atom. The van der Waals surface area contributed by atoms with Gasteiger partial charge in [-0.15, -0.1) is 0 Å². The van der Waals surface area contributed by atoms with E-state index >= 15 is 0 Å². The Hall–Kier alpha value is -1.94. The Labute approximate surface area is 118 Å². The highest BCUT2D eigenvalue weighted by atomic mass is 16.5. The quantitative estimate of drug-likeness (QED) is 0.787. The molecule has 0 fully saturated rings. The second-order valence-corrected chi connectivity index (χ2v) is 5.21. The number of amides is 1. The summed E-state index contributed by atoms with van der Waals surface area (Å²) in [6.45, 7) is 3.38. The molecule has 1 amide bonds. The number of nitrogens with zero attached hydrogens (tertiary/aromatic N) is 2. The van der Waals surface area contributed by atoms with Gasteiger partial charge in [-0.25, -0.2) is 4.99 Å². The fourth-order valence-corrected chi connectivity index (χ4v) is 3.33. The van der Waals surface area contributed by atoms with Crippen LogP contribution in [0.25, 0.3) is 10.9 Å². The van der Waals surface area contributed by atoms with Crippen LogP contribution in [0.1, 0.15) is 40.6 Å². The van der Waals surface area contributed by atoms with Crippen molar-refractivity contribution in [1.82, 2.24) is 4.57 Å². The van der Waals surface area contributed by atoms with E-state index in [4.69, 9.17) is 4.74 Å². The third kappa shape index (κ3) is 1.72. The van der Waals surface area contributed by atoms with Crippen molar-refractivity contribution in [1.29, 1.82) is 0 Å². The number of methoxy groups -OCH3 is 1. The summed E-state index contributed by atoms with van der Waals surface area (Å²) in [5.41, 5.74) is 4.00. The lowest BCUT2D eigenvalue weighted by Crippen LogP contribution is -2.06. The van der Waals surface area contributed by atoms with Gasteiger partial charge in [-0.05, 0) is 43.2 Å². The molecule has 1 unspecified atom stereocenters. The molecule has 0 N–H and O–H groups in total. The zero-order valence-corrected chi connectivity index (χ0v) is 11.8. The zero-order chi connectivity index (χ0) is 14.3. The fourth-order valence-electron chi connectivity index (χ4n) is 3.33. The minimum Gasteiger partial charge on any atom is -0.377 e. The molecule has 104 valence electrons. The third-order valence-corrected chi connectivity index (χ3v) is 4.23. The number of aromatic nitrogens is 1. The minimum absolute atomic E-state index is 0.0991. The van der Waals surface area contributed by atoms with Crippen LogP contribution in [0, 0.1) is 0 Å². The van der Waals surface area contributed by atoms with E-state index in [1.54, 1.807) is 7.11 Å². The topological polar surface area (TPSA) is 43.6 Å². The molecule has 20 heavy (non-hydrogen) atoms. The van der Waals surface area contributed by atoms with Crippen molar-refractivity contribution in [2.75, 3.05) is 7.11 Å². The van der Waals surface area contributed by atoms with Gasteiger partial charge in [0.1, 0.15) is 5.69 Å². The number of carbonyl (C=O) groups is 1. The van der Waals surface area contributed by atoms with Crippen LogP contribution < -0.4 is 0 Å². The van der Waals surface area contributed by atoms with Crippen LogP contribution in [-0.2, 0) is 18.2 Å². The molecule has 0 saturated heterocycles. The smallest absolute Gasteiger partial charge is 0.293 e. The Kier molecular flexibility index (Phi) is 3.18. The van der Waals surface area contributed by atoms with Crippen LogP contribution in [0.3, 0.4) is 0 Å². The third-order valence-electron chi connectivity index (χ3n) is 4.23. The summed E-state index contributed by atoms with van der Waals surface area (Å²) >= 11 is 0. The van der Waals surface area contributed by atoms with Crippen molar-refractivity contribution in [3.8, 4) is 0 Å². The molecule has 1 heterocycles. The van der Waals surface area contributed by atoms with Gasteiger partial charge < -0.3 is 9.30 Å². The first-order chi connectivity index (χ1) is 9.69. The molecular formula is C16H18N2O2. The molecule has 0 bridgehead atoms. The summed E-state index contributed by atoms with van der Waals surface area (Å²) in [5.74, 6) is -0.250. The van der Waals surface area contributed by atoms with Gasteiger partial charge in [0, 0.05) is 25.1 Å². The molecule has 0 aliphatic heterocycles. The highest BCUT2D eigenvalue weighted by Crippen LogP contribution is 2.38. The predicted octanol–water partition coefficient (Wildman–Crippen LogP) is 3.04. The summed E-state index contributed by atoms with van der Waals surface area (Å²) in [6.07, 6.45) is 2.96. The van der Waals surface area contributed by atoms with Gasteiger partial charge in [0.25, 0.3) is 5.91 Å². The summed E-state index contributed by atoms with van der Waals surface area (Å²) in [4.78, 5) is 15.7. The molecule has 1 aromatic carbocycles. The van der Waals surface area contributed by atoms with E-state index in [0.29, 0.717) is 5.69 Å². The molecular weight excluding hydrogens is 252 g/mol. The average molecular weight is 270 g/mol. The number of aryl methyl sites for hydroxylation is 2. The van der Waals surface area contributed by atoms with Gasteiger partial charge in [-0.1, -0.05) is 12.1 Å². The van der Waals surface area contributed by atoms with Crippen LogP contribution in [0.4, 0.5) is 0 Å². The van der Waals surface area contributed by atoms with E-state index in [1.165, 1.54) is 5.56 Å². The van der Waals surface area contributed by atoms with Gasteiger partial charge in [0.15, 0.2) is 0 Å². The number of hydrogen-bond acceptors (Lipinski definition) is 2. The number of carbonyl (C=O) groups excluding carboxylic acids is 1. The SMILES string of the molecule is C=NC(=O)c1c2c3c(cccc3n1C)C(OC)CCC2. The number of aliphatic imine (C=N–C) groups is 1. The zero-order valence-electron chi connectivity index (χ0n) is 11.8. The monoisotopic (exact) mass is 270 g/mol. The van der Waals surface area contributed by atoms with Crippen molar-refractivity contribution < 1.29 is 9.53 Å². The van der Waals surface area contributed by atoms with Crippen LogP contribution in [0.5, 0.6) is 0 Å². The van der Waals surface area contributed by atoms with Crippen molar-refractivity contribution in [3.05, 3.63) is 35.0 Å². The molecule has 2 aromatic rings. The molecule has 0 radical (unpaired) electrons. The van der Waals surface area contributed by atoms with Crippen LogP contribution in [0.2, 0.25) is 0 Å².